The zero-order valence-corrected chi connectivity index (χ0v) is 17.0. The number of thioether (sulfide) groups is 1. The molecule has 4 rings (SSSR count). The Labute approximate surface area is 164 Å². The summed E-state index contributed by atoms with van der Waals surface area (Å²) in [6.07, 6.45) is 0. The summed E-state index contributed by atoms with van der Waals surface area (Å²) in [4.78, 5) is 6.89. The molecule has 2 heterocycles. The lowest BCUT2D eigenvalue weighted by atomic mass is 10.1. The summed E-state index contributed by atoms with van der Waals surface area (Å²) < 4.78 is 29.4. The van der Waals surface area contributed by atoms with E-state index >= 15 is 0 Å². The first kappa shape index (κ1) is 18.4. The quantitative estimate of drug-likeness (QED) is 0.786. The van der Waals surface area contributed by atoms with Crippen LogP contribution in [0.1, 0.15) is 11.1 Å². The maximum atomic E-state index is 12.1. The molecule has 2 aliphatic heterocycles. The lowest BCUT2D eigenvalue weighted by molar-refractivity contribution is 0.414. The van der Waals surface area contributed by atoms with Crippen molar-refractivity contribution >= 4 is 32.5 Å². The lowest BCUT2D eigenvalue weighted by Crippen LogP contribution is -2.39. The summed E-state index contributed by atoms with van der Waals surface area (Å²) >= 11 is 1.65. The molecule has 5 nitrogen and oxygen atoms in total. The van der Waals surface area contributed by atoms with Gasteiger partial charge >= 0.3 is 0 Å². The van der Waals surface area contributed by atoms with Crippen molar-refractivity contribution in [3.05, 3.63) is 59.7 Å². The number of rotatable bonds is 4. The second kappa shape index (κ2) is 7.20. The smallest absolute Gasteiger partial charge is 0.164 e. The largest absolute Gasteiger partial charge is 0.497 e. The highest BCUT2D eigenvalue weighted by Gasteiger charge is 2.47. The second-order valence-electron chi connectivity index (χ2n) is 6.97. The molecule has 2 aromatic carbocycles. The van der Waals surface area contributed by atoms with Gasteiger partial charge in [-0.2, -0.15) is 0 Å². The Morgan fingerprint density at radius 3 is 2.48 bits per heavy atom. The van der Waals surface area contributed by atoms with E-state index < -0.39 is 9.84 Å². The predicted molar refractivity (Wildman–Crippen MR) is 112 cm³/mol. The molecular formula is C20H22N2O3S2. The zero-order chi connectivity index (χ0) is 19.0. The van der Waals surface area contributed by atoms with Crippen molar-refractivity contribution < 1.29 is 13.2 Å². The van der Waals surface area contributed by atoms with Crippen LogP contribution in [0.2, 0.25) is 0 Å². The van der Waals surface area contributed by atoms with E-state index in [1.807, 2.05) is 43.3 Å². The number of ether oxygens (including phenoxy) is 1. The minimum Gasteiger partial charge on any atom is -0.497 e. The molecule has 0 bridgehead atoms. The lowest BCUT2D eigenvalue weighted by Gasteiger charge is -2.26. The van der Waals surface area contributed by atoms with Crippen molar-refractivity contribution in [2.45, 2.75) is 24.8 Å². The Balaban J connectivity index is 1.57. The number of methoxy groups -OCH3 is 1. The fourth-order valence-electron chi connectivity index (χ4n) is 3.51. The van der Waals surface area contributed by atoms with Crippen molar-refractivity contribution in [1.29, 1.82) is 0 Å². The van der Waals surface area contributed by atoms with E-state index in [1.54, 1.807) is 18.9 Å². The van der Waals surface area contributed by atoms with Crippen LogP contribution >= 0.6 is 11.8 Å². The number of anilines is 1. The van der Waals surface area contributed by atoms with Gasteiger partial charge in [-0.25, -0.2) is 8.42 Å². The van der Waals surface area contributed by atoms with E-state index in [0.717, 1.165) is 22.4 Å². The van der Waals surface area contributed by atoms with Crippen LogP contribution in [0.25, 0.3) is 0 Å². The Morgan fingerprint density at radius 2 is 1.81 bits per heavy atom. The molecule has 0 radical (unpaired) electrons. The van der Waals surface area contributed by atoms with Crippen LogP contribution in [-0.4, -0.2) is 44.3 Å². The Hall–Kier alpha value is -1.99. The fourth-order valence-corrected chi connectivity index (χ4v) is 6.43. The highest BCUT2D eigenvalue weighted by molar-refractivity contribution is 8.13. The van der Waals surface area contributed by atoms with Gasteiger partial charge in [-0.1, -0.05) is 41.6 Å². The summed E-state index contributed by atoms with van der Waals surface area (Å²) in [7, 11) is -1.37. The predicted octanol–water partition coefficient (Wildman–Crippen LogP) is 3.28. The van der Waals surface area contributed by atoms with Crippen molar-refractivity contribution in [3.8, 4) is 5.75 Å². The van der Waals surface area contributed by atoms with Crippen molar-refractivity contribution in [3.63, 3.8) is 0 Å². The SMILES string of the molecule is COc1ccc(CSC2=N[C@@H]3CS(=O)(=O)C[C@H]3N2c2ccc(C)cc2)cc1. The minimum absolute atomic E-state index is 0.101. The number of hydrogen-bond donors (Lipinski definition) is 0. The third-order valence-electron chi connectivity index (χ3n) is 4.95. The molecule has 7 heteroatoms. The topological polar surface area (TPSA) is 59.0 Å². The van der Waals surface area contributed by atoms with Crippen LogP contribution in [0.15, 0.2) is 53.5 Å². The molecule has 2 aliphatic rings. The Kier molecular flexibility index (Phi) is 4.90. The highest BCUT2D eigenvalue weighted by atomic mass is 32.2. The number of fused-ring (bicyclic) bond motifs is 1. The molecule has 0 amide bonds. The van der Waals surface area contributed by atoms with Crippen LogP contribution in [0.5, 0.6) is 5.75 Å². The maximum Gasteiger partial charge on any atom is 0.164 e. The summed E-state index contributed by atoms with van der Waals surface area (Å²) in [6.45, 7) is 2.05. The highest BCUT2D eigenvalue weighted by Crippen LogP contribution is 2.36. The monoisotopic (exact) mass is 402 g/mol. The summed E-state index contributed by atoms with van der Waals surface area (Å²) in [6, 6.07) is 15.9. The van der Waals surface area contributed by atoms with E-state index in [1.165, 1.54) is 11.1 Å². The van der Waals surface area contributed by atoms with Gasteiger partial charge in [-0.05, 0) is 36.8 Å². The first-order valence-electron chi connectivity index (χ1n) is 8.85. The first-order valence-corrected chi connectivity index (χ1v) is 11.7. The van der Waals surface area contributed by atoms with Gasteiger partial charge in [0.2, 0.25) is 0 Å². The molecule has 1 saturated heterocycles. The Morgan fingerprint density at radius 1 is 1.11 bits per heavy atom. The Bertz CT molecular complexity index is 954. The summed E-state index contributed by atoms with van der Waals surface area (Å²) in [5.41, 5.74) is 3.36. The van der Waals surface area contributed by atoms with Gasteiger partial charge in [0.15, 0.2) is 15.0 Å². The van der Waals surface area contributed by atoms with E-state index in [9.17, 15) is 8.42 Å². The van der Waals surface area contributed by atoms with E-state index in [2.05, 4.69) is 17.0 Å². The number of hydrogen-bond acceptors (Lipinski definition) is 6. The number of aryl methyl sites for hydroxylation is 1. The number of sulfone groups is 1. The van der Waals surface area contributed by atoms with Gasteiger partial charge in [0.1, 0.15) is 5.75 Å². The van der Waals surface area contributed by atoms with Crippen molar-refractivity contribution in [2.75, 3.05) is 23.5 Å². The average Bonchev–Trinajstić information content (AvgIpc) is 3.12. The fraction of sp³-hybridized carbons (Fsp3) is 0.350. The van der Waals surface area contributed by atoms with Gasteiger partial charge < -0.3 is 9.64 Å². The number of amidine groups is 1. The van der Waals surface area contributed by atoms with E-state index in [0.29, 0.717) is 0 Å². The third-order valence-corrected chi connectivity index (χ3v) is 7.68. The molecule has 142 valence electrons. The van der Waals surface area contributed by atoms with Gasteiger partial charge in [0.05, 0.1) is 30.7 Å². The van der Waals surface area contributed by atoms with Crippen molar-refractivity contribution in [1.82, 2.24) is 0 Å². The second-order valence-corrected chi connectivity index (χ2v) is 10.1. The molecule has 0 N–H and O–H groups in total. The molecule has 2 atom stereocenters. The van der Waals surface area contributed by atoms with Gasteiger partial charge in [0, 0.05) is 11.4 Å². The molecule has 0 unspecified atom stereocenters. The molecule has 2 aromatic rings. The number of aliphatic imine (C=N–C) groups is 1. The zero-order valence-electron chi connectivity index (χ0n) is 15.3. The van der Waals surface area contributed by atoms with E-state index in [-0.39, 0.29) is 23.6 Å². The van der Waals surface area contributed by atoms with Crippen molar-refractivity contribution in [2.24, 2.45) is 4.99 Å². The molecule has 0 aliphatic carbocycles. The van der Waals surface area contributed by atoms with Crippen LogP contribution < -0.4 is 9.64 Å². The first-order chi connectivity index (χ1) is 12.9. The third kappa shape index (κ3) is 3.84. The van der Waals surface area contributed by atoms with Gasteiger partial charge in [-0.3, -0.25) is 4.99 Å². The molecule has 0 aromatic heterocycles. The normalized spacial score (nSPS) is 23.2. The number of benzene rings is 2. The summed E-state index contributed by atoms with van der Waals surface area (Å²) in [5.74, 6) is 1.93. The van der Waals surface area contributed by atoms with Crippen LogP contribution in [-0.2, 0) is 15.6 Å². The molecule has 0 saturated carbocycles. The van der Waals surface area contributed by atoms with E-state index in [4.69, 9.17) is 9.73 Å². The molecule has 0 spiro atoms. The van der Waals surface area contributed by atoms with Crippen LogP contribution in [0.4, 0.5) is 5.69 Å². The average molecular weight is 403 g/mol. The van der Waals surface area contributed by atoms with Gasteiger partial charge in [0.25, 0.3) is 0 Å². The van der Waals surface area contributed by atoms with Crippen LogP contribution in [0, 0.1) is 6.92 Å². The molecule has 27 heavy (non-hydrogen) atoms. The summed E-state index contributed by atoms with van der Waals surface area (Å²) in [5, 5.41) is 0.902. The maximum absolute atomic E-state index is 12.1. The standard InChI is InChI=1S/C20H22N2O3S2/c1-14-3-7-16(8-4-14)22-19-13-27(23,24)12-18(19)21-20(22)26-11-15-5-9-17(25-2)10-6-15/h3-10,18-19H,11-13H2,1-2H3/t18-,19-/m1/s1. The van der Waals surface area contributed by atoms with Gasteiger partial charge in [-0.15, -0.1) is 0 Å². The molecular weight excluding hydrogens is 380 g/mol. The molecule has 1 fully saturated rings. The number of nitrogens with zero attached hydrogens (tertiary/aromatic N) is 2. The van der Waals surface area contributed by atoms with Crippen LogP contribution in [0.3, 0.4) is 0 Å². The minimum atomic E-state index is -3.02.